The van der Waals surface area contributed by atoms with Crippen molar-refractivity contribution in [3.8, 4) is 0 Å². The first-order chi connectivity index (χ1) is 10.8. The van der Waals surface area contributed by atoms with Crippen LogP contribution in [0.4, 0.5) is 5.82 Å². The summed E-state index contributed by atoms with van der Waals surface area (Å²) in [4.78, 5) is 11.8. The number of aromatic nitrogens is 5. The van der Waals surface area contributed by atoms with Crippen molar-refractivity contribution in [1.82, 2.24) is 30.6 Å². The van der Waals surface area contributed by atoms with Gasteiger partial charge in [0.25, 0.3) is 5.91 Å². The molecule has 2 aromatic heterocycles. The van der Waals surface area contributed by atoms with Crippen molar-refractivity contribution in [3.05, 3.63) is 48.0 Å². The van der Waals surface area contributed by atoms with E-state index in [1.54, 1.807) is 24.3 Å². The number of hydrazone groups is 1. The molecule has 22 heavy (non-hydrogen) atoms. The molecule has 0 saturated carbocycles. The Kier molecular flexibility index (Phi) is 3.96. The number of hydrogen-bond donors (Lipinski definition) is 2. The summed E-state index contributed by atoms with van der Waals surface area (Å²) in [5.41, 5.74) is 3.88. The van der Waals surface area contributed by atoms with Gasteiger partial charge >= 0.3 is 0 Å². The maximum atomic E-state index is 11.8. The standard InChI is InChI=1S/C13H12N8O/c22-13(10-4-2-1-3-5-10)14-8-9-15-16-11-6-7-12-17-19-20-21(12)18-11/h1-7,9H,8H2,(H,14,22)(H,16,18)/b15-9+. The summed E-state index contributed by atoms with van der Waals surface area (Å²) in [6, 6.07) is 12.4. The lowest BCUT2D eigenvalue weighted by Gasteiger charge is -2.01. The largest absolute Gasteiger partial charge is 0.347 e. The lowest BCUT2D eigenvalue weighted by Crippen LogP contribution is -2.25. The fourth-order valence-electron chi connectivity index (χ4n) is 1.70. The second-order valence-electron chi connectivity index (χ2n) is 4.24. The Bertz CT molecular complexity index is 798. The molecule has 0 saturated heterocycles. The van der Waals surface area contributed by atoms with Crippen LogP contribution in [0.2, 0.25) is 0 Å². The lowest BCUT2D eigenvalue weighted by molar-refractivity contribution is 0.0959. The zero-order chi connectivity index (χ0) is 15.2. The average Bonchev–Trinajstić information content (AvgIpc) is 3.03. The zero-order valence-electron chi connectivity index (χ0n) is 11.4. The van der Waals surface area contributed by atoms with Gasteiger partial charge in [0.2, 0.25) is 0 Å². The molecular formula is C13H12N8O. The second-order valence-corrected chi connectivity index (χ2v) is 4.24. The number of nitrogens with one attached hydrogen (secondary N) is 2. The maximum Gasteiger partial charge on any atom is 0.251 e. The van der Waals surface area contributed by atoms with Gasteiger partial charge in [-0.3, -0.25) is 10.2 Å². The minimum Gasteiger partial charge on any atom is -0.347 e. The molecule has 3 aromatic rings. The van der Waals surface area contributed by atoms with E-state index < -0.39 is 0 Å². The Hall–Kier alpha value is -3.36. The van der Waals surface area contributed by atoms with E-state index in [9.17, 15) is 4.79 Å². The molecule has 0 radical (unpaired) electrons. The molecule has 9 nitrogen and oxygen atoms in total. The van der Waals surface area contributed by atoms with Gasteiger partial charge in [0.1, 0.15) is 0 Å². The average molecular weight is 296 g/mol. The summed E-state index contributed by atoms with van der Waals surface area (Å²) >= 11 is 0. The van der Waals surface area contributed by atoms with Gasteiger partial charge in [-0.1, -0.05) is 18.2 Å². The van der Waals surface area contributed by atoms with Crippen molar-refractivity contribution in [1.29, 1.82) is 0 Å². The zero-order valence-corrected chi connectivity index (χ0v) is 11.4. The van der Waals surface area contributed by atoms with Crippen LogP contribution >= 0.6 is 0 Å². The first kappa shape index (κ1) is 13.6. The molecule has 110 valence electrons. The van der Waals surface area contributed by atoms with Crippen molar-refractivity contribution < 1.29 is 4.79 Å². The highest BCUT2D eigenvalue weighted by molar-refractivity contribution is 5.95. The predicted octanol–water partition coefficient (Wildman–Crippen LogP) is 0.347. The lowest BCUT2D eigenvalue weighted by atomic mass is 10.2. The summed E-state index contributed by atoms with van der Waals surface area (Å²) in [6.45, 7) is 0.299. The SMILES string of the molecule is O=C(NC/C=N/Nc1ccc2nnnn2n1)c1ccccc1. The van der Waals surface area contributed by atoms with Gasteiger partial charge in [-0.15, -0.1) is 14.8 Å². The maximum absolute atomic E-state index is 11.8. The molecule has 0 bridgehead atoms. The fourth-order valence-corrected chi connectivity index (χ4v) is 1.70. The molecule has 0 aliphatic heterocycles. The van der Waals surface area contributed by atoms with Crippen LogP contribution in [0, 0.1) is 0 Å². The molecule has 0 aliphatic rings. The second kappa shape index (κ2) is 6.39. The molecule has 0 aliphatic carbocycles. The summed E-state index contributed by atoms with van der Waals surface area (Å²) in [5.74, 6) is 0.339. The van der Waals surface area contributed by atoms with E-state index in [-0.39, 0.29) is 5.91 Å². The normalized spacial score (nSPS) is 10.9. The van der Waals surface area contributed by atoms with Crippen molar-refractivity contribution >= 4 is 23.6 Å². The molecule has 3 rings (SSSR count). The Morgan fingerprint density at radius 3 is 2.95 bits per heavy atom. The van der Waals surface area contributed by atoms with Gasteiger partial charge in [-0.05, 0) is 34.7 Å². The van der Waals surface area contributed by atoms with Crippen molar-refractivity contribution in [2.45, 2.75) is 0 Å². The van der Waals surface area contributed by atoms with Crippen molar-refractivity contribution in [2.75, 3.05) is 12.0 Å². The van der Waals surface area contributed by atoms with Gasteiger partial charge < -0.3 is 5.32 Å². The molecule has 0 fully saturated rings. The highest BCUT2D eigenvalue weighted by atomic mass is 16.1. The molecule has 0 atom stereocenters. The minimum absolute atomic E-state index is 0.153. The van der Waals surface area contributed by atoms with Gasteiger partial charge in [0.05, 0.1) is 6.54 Å². The van der Waals surface area contributed by atoms with Gasteiger partial charge in [-0.25, -0.2) is 0 Å². The number of amides is 1. The Morgan fingerprint density at radius 2 is 2.09 bits per heavy atom. The predicted molar refractivity (Wildman–Crippen MR) is 79.5 cm³/mol. The third kappa shape index (κ3) is 3.20. The monoisotopic (exact) mass is 296 g/mol. The van der Waals surface area contributed by atoms with Gasteiger partial charge in [0, 0.05) is 11.8 Å². The third-order valence-electron chi connectivity index (χ3n) is 2.73. The Morgan fingerprint density at radius 1 is 1.23 bits per heavy atom. The van der Waals surface area contributed by atoms with E-state index in [0.29, 0.717) is 23.6 Å². The van der Waals surface area contributed by atoms with E-state index in [1.807, 2.05) is 18.2 Å². The van der Waals surface area contributed by atoms with E-state index in [1.165, 1.54) is 10.8 Å². The molecule has 2 N–H and O–H groups in total. The van der Waals surface area contributed by atoms with E-state index in [2.05, 4.69) is 36.5 Å². The third-order valence-corrected chi connectivity index (χ3v) is 2.73. The van der Waals surface area contributed by atoms with Crippen LogP contribution in [-0.4, -0.2) is 43.9 Å². The number of hydrogen-bond acceptors (Lipinski definition) is 7. The van der Waals surface area contributed by atoms with E-state index in [0.717, 1.165) is 0 Å². The molecular weight excluding hydrogens is 284 g/mol. The smallest absolute Gasteiger partial charge is 0.251 e. The number of carbonyl (C=O) groups excluding carboxylic acids is 1. The number of rotatable bonds is 5. The fraction of sp³-hybridized carbons (Fsp3) is 0.0769. The van der Waals surface area contributed by atoms with Crippen LogP contribution in [0.3, 0.4) is 0 Å². The summed E-state index contributed by atoms with van der Waals surface area (Å²) < 4.78 is 1.29. The molecule has 1 amide bonds. The molecule has 2 heterocycles. The van der Waals surface area contributed by atoms with Crippen LogP contribution in [0.15, 0.2) is 47.6 Å². The molecule has 0 spiro atoms. The van der Waals surface area contributed by atoms with E-state index >= 15 is 0 Å². The van der Waals surface area contributed by atoms with Crippen LogP contribution in [-0.2, 0) is 0 Å². The number of nitrogens with zero attached hydrogens (tertiary/aromatic N) is 6. The van der Waals surface area contributed by atoms with Crippen LogP contribution in [0.5, 0.6) is 0 Å². The number of fused-ring (bicyclic) bond motifs is 1. The summed E-state index contributed by atoms with van der Waals surface area (Å²) in [5, 5.41) is 21.7. The van der Waals surface area contributed by atoms with Gasteiger partial charge in [-0.2, -0.15) is 5.10 Å². The highest BCUT2D eigenvalue weighted by Crippen LogP contribution is 2.02. The van der Waals surface area contributed by atoms with E-state index in [4.69, 9.17) is 0 Å². The minimum atomic E-state index is -0.153. The summed E-state index contributed by atoms with van der Waals surface area (Å²) in [7, 11) is 0. The number of benzene rings is 1. The van der Waals surface area contributed by atoms with Crippen molar-refractivity contribution in [2.24, 2.45) is 5.10 Å². The van der Waals surface area contributed by atoms with Crippen molar-refractivity contribution in [3.63, 3.8) is 0 Å². The highest BCUT2D eigenvalue weighted by Gasteiger charge is 2.01. The molecule has 1 aromatic carbocycles. The quantitative estimate of drug-likeness (QED) is 0.519. The van der Waals surface area contributed by atoms with Crippen LogP contribution in [0.25, 0.3) is 5.65 Å². The van der Waals surface area contributed by atoms with Crippen LogP contribution < -0.4 is 10.7 Å². The number of carbonyl (C=O) groups is 1. The number of anilines is 1. The first-order valence-corrected chi connectivity index (χ1v) is 6.49. The first-order valence-electron chi connectivity index (χ1n) is 6.49. The molecule has 0 unspecified atom stereocenters. The van der Waals surface area contributed by atoms with Gasteiger partial charge in [0.15, 0.2) is 11.5 Å². The topological polar surface area (TPSA) is 109 Å². The molecule has 9 heteroatoms. The van der Waals surface area contributed by atoms with Crippen LogP contribution in [0.1, 0.15) is 10.4 Å². The Labute approximate surface area is 125 Å². The summed E-state index contributed by atoms with van der Waals surface area (Å²) in [6.07, 6.45) is 1.53. The Balaban J connectivity index is 1.49. The number of tetrazole rings is 1.